The third-order valence-corrected chi connectivity index (χ3v) is 12.9. The third kappa shape index (κ3) is 52.7. The van der Waals surface area contributed by atoms with Crippen LogP contribution in [0, 0.1) is 0 Å². The van der Waals surface area contributed by atoms with Crippen LogP contribution in [0.4, 0.5) is 0 Å². The van der Waals surface area contributed by atoms with Crippen LogP contribution in [-0.4, -0.2) is 46.9 Å². The summed E-state index contributed by atoms with van der Waals surface area (Å²) < 4.78 is 5.93. The SMILES string of the molecule is CCC/C=C/C=C/C=C/C=C/C=C/CCCCCC(CC(=O)NC(CO)C(O)CCCCCCCCCCCCCCCCCCC)OC(=O)CCCCC/C=C\C/C=C\C/C=C\C/C=C\CCCCC. The summed E-state index contributed by atoms with van der Waals surface area (Å²) in [4.78, 5) is 26.3. The summed E-state index contributed by atoms with van der Waals surface area (Å²) >= 11 is 0. The Morgan fingerprint density at radius 3 is 1.30 bits per heavy atom. The second-order valence-corrected chi connectivity index (χ2v) is 19.8. The number of hydrogen-bond acceptors (Lipinski definition) is 5. The van der Waals surface area contributed by atoms with E-state index in [1.54, 1.807) is 0 Å². The van der Waals surface area contributed by atoms with Crippen LogP contribution in [0.5, 0.6) is 0 Å². The molecule has 0 heterocycles. The van der Waals surface area contributed by atoms with Crippen LogP contribution < -0.4 is 5.32 Å². The van der Waals surface area contributed by atoms with Crippen LogP contribution in [0.3, 0.4) is 0 Å². The molecule has 3 N–H and O–H groups in total. The van der Waals surface area contributed by atoms with E-state index in [4.69, 9.17) is 4.74 Å². The van der Waals surface area contributed by atoms with Gasteiger partial charge in [0.1, 0.15) is 6.10 Å². The molecule has 0 aliphatic rings. The fourth-order valence-electron chi connectivity index (χ4n) is 8.44. The van der Waals surface area contributed by atoms with Crippen LogP contribution in [-0.2, 0) is 14.3 Å². The van der Waals surface area contributed by atoms with E-state index >= 15 is 0 Å². The lowest BCUT2D eigenvalue weighted by molar-refractivity contribution is -0.151. The summed E-state index contributed by atoms with van der Waals surface area (Å²) in [6.45, 7) is 6.37. The summed E-state index contributed by atoms with van der Waals surface area (Å²) in [5, 5.41) is 23.9. The van der Waals surface area contributed by atoms with Gasteiger partial charge in [0.25, 0.3) is 0 Å². The number of esters is 1. The second kappa shape index (κ2) is 57.4. The average molecular weight is 987 g/mol. The van der Waals surface area contributed by atoms with Gasteiger partial charge in [-0.25, -0.2) is 0 Å². The molecule has 0 aromatic rings. The van der Waals surface area contributed by atoms with Crippen molar-refractivity contribution in [3.05, 3.63) is 109 Å². The van der Waals surface area contributed by atoms with Crippen molar-refractivity contribution in [3.63, 3.8) is 0 Å². The quantitative estimate of drug-likeness (QED) is 0.0244. The lowest BCUT2D eigenvalue weighted by atomic mass is 10.0. The number of aliphatic hydroxyl groups is 2. The van der Waals surface area contributed by atoms with Crippen molar-refractivity contribution in [2.24, 2.45) is 0 Å². The van der Waals surface area contributed by atoms with Crippen molar-refractivity contribution in [1.29, 1.82) is 0 Å². The monoisotopic (exact) mass is 986 g/mol. The van der Waals surface area contributed by atoms with Gasteiger partial charge in [-0.15, -0.1) is 0 Å². The standard InChI is InChI=1S/C65H111NO5/c1-4-7-10-13-16-19-22-25-28-31-32-34-37-40-43-46-49-52-55-58-65(70)71-61(56-53-50-47-44-41-38-35-30-27-24-21-18-15-12-9-6-3)59-64(69)66-62(60-67)63(68)57-54-51-48-45-42-39-36-33-29-26-23-20-17-14-11-8-5-2/h12,15-16,18-19,21,24-25,27-28,30,32,34-35,38,40-41,43,61-63,67-68H,4-11,13-14,17,20,22-23,26,29,31,33,36-37,39,42,44-60H2,1-3H3,(H,66,69)/b15-12+,19-16-,21-18+,27-24+,28-25-,34-32-,35-30+,41-38+,43-40-. The van der Waals surface area contributed by atoms with E-state index in [-0.39, 0.29) is 24.9 Å². The topological polar surface area (TPSA) is 95.9 Å². The number of aliphatic hydroxyl groups excluding tert-OH is 2. The molecule has 0 aliphatic carbocycles. The van der Waals surface area contributed by atoms with Crippen molar-refractivity contribution in [1.82, 2.24) is 5.32 Å². The molecule has 0 fully saturated rings. The molecule has 1 amide bonds. The number of carbonyl (C=O) groups is 2. The highest BCUT2D eigenvalue weighted by Crippen LogP contribution is 2.18. The van der Waals surface area contributed by atoms with E-state index < -0.39 is 18.2 Å². The van der Waals surface area contributed by atoms with Crippen molar-refractivity contribution in [3.8, 4) is 0 Å². The smallest absolute Gasteiger partial charge is 0.306 e. The minimum Gasteiger partial charge on any atom is -0.462 e. The van der Waals surface area contributed by atoms with Gasteiger partial charge in [0, 0.05) is 6.42 Å². The zero-order chi connectivity index (χ0) is 51.6. The van der Waals surface area contributed by atoms with Crippen LogP contribution in [0.25, 0.3) is 0 Å². The Balaban J connectivity index is 4.70. The molecular formula is C65H111NO5. The van der Waals surface area contributed by atoms with Crippen LogP contribution in [0.1, 0.15) is 265 Å². The van der Waals surface area contributed by atoms with Crippen molar-refractivity contribution >= 4 is 11.9 Å². The van der Waals surface area contributed by atoms with E-state index in [2.05, 4.69) is 99.0 Å². The Morgan fingerprint density at radius 1 is 0.423 bits per heavy atom. The first-order chi connectivity index (χ1) is 35.0. The Bertz CT molecular complexity index is 1430. The number of unbranched alkanes of at least 4 members (excludes halogenated alkanes) is 26. The van der Waals surface area contributed by atoms with Gasteiger partial charge in [0.05, 0.1) is 25.2 Å². The fourth-order valence-corrected chi connectivity index (χ4v) is 8.44. The Hall–Kier alpha value is -3.48. The minimum atomic E-state index is -0.814. The highest BCUT2D eigenvalue weighted by molar-refractivity contribution is 5.77. The Kier molecular flexibility index (Phi) is 54.6. The summed E-state index contributed by atoms with van der Waals surface area (Å²) in [7, 11) is 0. The van der Waals surface area contributed by atoms with Gasteiger partial charge >= 0.3 is 5.97 Å². The number of carbonyl (C=O) groups excluding carboxylic acids is 2. The first kappa shape index (κ1) is 67.5. The Labute approximate surface area is 438 Å². The van der Waals surface area contributed by atoms with E-state index in [0.29, 0.717) is 19.3 Å². The highest BCUT2D eigenvalue weighted by atomic mass is 16.5. The van der Waals surface area contributed by atoms with Gasteiger partial charge in [-0.2, -0.15) is 0 Å². The van der Waals surface area contributed by atoms with E-state index in [9.17, 15) is 19.8 Å². The lowest BCUT2D eigenvalue weighted by Crippen LogP contribution is -2.46. The fraction of sp³-hybridized carbons (Fsp3) is 0.692. The van der Waals surface area contributed by atoms with Crippen molar-refractivity contribution in [2.75, 3.05) is 6.61 Å². The minimum absolute atomic E-state index is 0.0303. The molecule has 406 valence electrons. The maximum atomic E-state index is 13.3. The molecule has 3 unspecified atom stereocenters. The molecular weight excluding hydrogens is 875 g/mol. The molecule has 0 aromatic carbocycles. The largest absolute Gasteiger partial charge is 0.462 e. The first-order valence-electron chi connectivity index (χ1n) is 29.7. The van der Waals surface area contributed by atoms with E-state index in [1.165, 1.54) is 116 Å². The maximum Gasteiger partial charge on any atom is 0.306 e. The predicted molar refractivity (Wildman–Crippen MR) is 310 cm³/mol. The molecule has 3 atom stereocenters. The molecule has 0 saturated heterocycles. The van der Waals surface area contributed by atoms with Gasteiger partial charge in [0.15, 0.2) is 0 Å². The van der Waals surface area contributed by atoms with Crippen molar-refractivity contribution < 1.29 is 24.5 Å². The van der Waals surface area contributed by atoms with Gasteiger partial charge < -0.3 is 20.3 Å². The van der Waals surface area contributed by atoms with Crippen LogP contribution >= 0.6 is 0 Å². The molecule has 0 spiro atoms. The summed E-state index contributed by atoms with van der Waals surface area (Å²) in [6.07, 6.45) is 78.6. The lowest BCUT2D eigenvalue weighted by Gasteiger charge is -2.24. The number of rotatable bonds is 52. The summed E-state index contributed by atoms with van der Waals surface area (Å²) in [5.41, 5.74) is 0. The molecule has 0 aromatic heterocycles. The van der Waals surface area contributed by atoms with E-state index in [1.807, 2.05) is 36.5 Å². The van der Waals surface area contributed by atoms with Gasteiger partial charge in [-0.1, -0.05) is 271 Å². The average Bonchev–Trinajstić information content (AvgIpc) is 3.36. The summed E-state index contributed by atoms with van der Waals surface area (Å²) in [6, 6.07) is -0.731. The van der Waals surface area contributed by atoms with E-state index in [0.717, 1.165) is 103 Å². The number of allylic oxidation sites excluding steroid dienone is 18. The van der Waals surface area contributed by atoms with Gasteiger partial charge in [-0.3, -0.25) is 9.59 Å². The number of nitrogens with one attached hydrogen (secondary N) is 1. The number of hydrogen-bond donors (Lipinski definition) is 3. The summed E-state index contributed by atoms with van der Waals surface area (Å²) in [5.74, 6) is -0.556. The van der Waals surface area contributed by atoms with Crippen molar-refractivity contribution in [2.45, 2.75) is 283 Å². The van der Waals surface area contributed by atoms with Crippen LogP contribution in [0.2, 0.25) is 0 Å². The maximum absolute atomic E-state index is 13.3. The highest BCUT2D eigenvalue weighted by Gasteiger charge is 2.24. The molecule has 0 radical (unpaired) electrons. The second-order valence-electron chi connectivity index (χ2n) is 19.8. The predicted octanol–water partition coefficient (Wildman–Crippen LogP) is 18.6. The van der Waals surface area contributed by atoms with Gasteiger partial charge in [-0.05, 0) is 89.9 Å². The van der Waals surface area contributed by atoms with Gasteiger partial charge in [0.2, 0.25) is 5.91 Å². The number of ether oxygens (including phenoxy) is 1. The van der Waals surface area contributed by atoms with Crippen LogP contribution in [0.15, 0.2) is 109 Å². The molecule has 0 saturated carbocycles. The Morgan fingerprint density at radius 2 is 0.803 bits per heavy atom. The molecule has 6 heteroatoms. The molecule has 71 heavy (non-hydrogen) atoms. The normalized spacial score (nSPS) is 13.9. The zero-order valence-electron chi connectivity index (χ0n) is 46.3. The molecule has 6 nitrogen and oxygen atoms in total. The first-order valence-corrected chi connectivity index (χ1v) is 29.7. The molecule has 0 bridgehead atoms. The number of amides is 1. The molecule has 0 rings (SSSR count). The third-order valence-electron chi connectivity index (χ3n) is 12.9. The molecule has 0 aliphatic heterocycles. The zero-order valence-corrected chi connectivity index (χ0v) is 46.3.